The van der Waals surface area contributed by atoms with Gasteiger partial charge in [-0.25, -0.2) is 0 Å². The van der Waals surface area contributed by atoms with Gasteiger partial charge in [0, 0.05) is 6.54 Å². The predicted molar refractivity (Wildman–Crippen MR) is 131 cm³/mol. The van der Waals surface area contributed by atoms with E-state index < -0.39 is 34.9 Å². The quantitative estimate of drug-likeness (QED) is 0.402. The van der Waals surface area contributed by atoms with Gasteiger partial charge in [0.1, 0.15) is 18.4 Å². The zero-order valence-electron chi connectivity index (χ0n) is 21.0. The van der Waals surface area contributed by atoms with Gasteiger partial charge in [0.2, 0.25) is 0 Å². The number of hydrogen-bond acceptors (Lipinski definition) is 4. The van der Waals surface area contributed by atoms with Crippen LogP contribution in [0.1, 0.15) is 47.1 Å². The summed E-state index contributed by atoms with van der Waals surface area (Å²) in [6.45, 7) is 21.9. The first-order chi connectivity index (χ1) is 14.0. The lowest BCUT2D eigenvalue weighted by molar-refractivity contribution is -0.136. The lowest BCUT2D eigenvalue weighted by Gasteiger charge is -2.42. The Labute approximate surface area is 190 Å². The molecule has 1 aliphatic heterocycles. The van der Waals surface area contributed by atoms with E-state index in [1.54, 1.807) is 4.90 Å². The molecular weight excluding hydrogens is 422 g/mol. The van der Waals surface area contributed by atoms with Crippen molar-refractivity contribution in [2.24, 2.45) is 0 Å². The zero-order valence-corrected chi connectivity index (χ0v) is 23.0. The summed E-state index contributed by atoms with van der Waals surface area (Å²) in [6, 6.07) is 9.12. The van der Waals surface area contributed by atoms with Crippen LogP contribution in [0.15, 0.2) is 30.3 Å². The van der Waals surface area contributed by atoms with Gasteiger partial charge < -0.3 is 18.5 Å². The number of benzene rings is 1. The lowest BCUT2D eigenvalue weighted by atomic mass is 10.1. The van der Waals surface area contributed by atoms with Gasteiger partial charge in [-0.1, -0.05) is 71.9 Å². The summed E-state index contributed by atoms with van der Waals surface area (Å²) < 4.78 is 13.4. The van der Waals surface area contributed by atoms with Crippen molar-refractivity contribution in [1.82, 2.24) is 4.90 Å². The SMILES string of the molecule is CC(C)(C)[Si](C)(C)O[C@H]1[C@@H](C=O)N(Cc2ccccc2)C(=O)[C@@H]1O[Si](C)(C)C(C)(C)C. The van der Waals surface area contributed by atoms with Gasteiger partial charge in [0.25, 0.3) is 5.91 Å². The van der Waals surface area contributed by atoms with Crippen molar-refractivity contribution in [1.29, 1.82) is 0 Å². The molecular formula is C24H41NO4Si2. The number of amides is 1. The van der Waals surface area contributed by atoms with Crippen molar-refractivity contribution in [3.63, 3.8) is 0 Å². The molecule has 0 aromatic heterocycles. The first-order valence-corrected chi connectivity index (χ1v) is 17.0. The van der Waals surface area contributed by atoms with E-state index >= 15 is 0 Å². The zero-order chi connectivity index (χ0) is 23.8. The predicted octanol–water partition coefficient (Wildman–Crippen LogP) is 5.38. The first kappa shape index (κ1) is 26.0. The van der Waals surface area contributed by atoms with Gasteiger partial charge in [-0.05, 0) is 41.8 Å². The Morgan fingerprint density at radius 3 is 1.84 bits per heavy atom. The summed E-state index contributed by atoms with van der Waals surface area (Å²) in [5.74, 6) is -0.144. The van der Waals surface area contributed by atoms with Crippen LogP contribution < -0.4 is 0 Å². The van der Waals surface area contributed by atoms with Crippen LogP contribution >= 0.6 is 0 Å². The van der Waals surface area contributed by atoms with Crippen LogP contribution in [-0.2, 0) is 25.0 Å². The monoisotopic (exact) mass is 463 g/mol. The largest absolute Gasteiger partial charge is 0.408 e. The molecule has 1 saturated heterocycles. The van der Waals surface area contributed by atoms with Crippen molar-refractivity contribution >= 4 is 28.8 Å². The third kappa shape index (κ3) is 5.56. The Kier molecular flexibility index (Phi) is 7.48. The maximum absolute atomic E-state index is 13.6. The van der Waals surface area contributed by atoms with E-state index in [2.05, 4.69) is 67.7 Å². The van der Waals surface area contributed by atoms with Gasteiger partial charge in [-0.2, -0.15) is 0 Å². The second-order valence-electron chi connectivity index (χ2n) is 11.7. The van der Waals surface area contributed by atoms with Crippen LogP contribution in [0, 0.1) is 0 Å². The van der Waals surface area contributed by atoms with Crippen LogP contribution in [0.4, 0.5) is 0 Å². The number of likely N-dealkylation sites (tertiary alicyclic amines) is 1. The van der Waals surface area contributed by atoms with Gasteiger partial charge in [-0.3, -0.25) is 4.79 Å². The molecule has 1 heterocycles. The molecule has 0 spiro atoms. The minimum atomic E-state index is -2.27. The first-order valence-electron chi connectivity index (χ1n) is 11.2. The van der Waals surface area contributed by atoms with Crippen LogP contribution in [0.5, 0.6) is 0 Å². The molecule has 174 valence electrons. The highest BCUT2D eigenvalue weighted by Gasteiger charge is 2.55. The lowest BCUT2D eigenvalue weighted by Crippen LogP contribution is -2.53. The maximum atomic E-state index is 13.6. The second kappa shape index (κ2) is 8.92. The van der Waals surface area contributed by atoms with Crippen molar-refractivity contribution in [2.45, 2.75) is 103 Å². The van der Waals surface area contributed by atoms with Gasteiger partial charge in [-0.15, -0.1) is 0 Å². The second-order valence-corrected chi connectivity index (χ2v) is 21.2. The average Bonchev–Trinajstić information content (AvgIpc) is 2.85. The third-order valence-corrected chi connectivity index (χ3v) is 16.3. The number of carbonyl (C=O) groups excluding carboxylic acids is 2. The summed E-state index contributed by atoms with van der Waals surface area (Å²) in [6.07, 6.45) is -0.481. The average molecular weight is 464 g/mol. The maximum Gasteiger partial charge on any atom is 0.254 e. The van der Waals surface area contributed by atoms with Gasteiger partial charge >= 0.3 is 0 Å². The van der Waals surface area contributed by atoms with Crippen LogP contribution in [0.3, 0.4) is 0 Å². The normalized spacial score (nSPS) is 23.4. The molecule has 0 radical (unpaired) electrons. The molecule has 7 heteroatoms. The van der Waals surface area contributed by atoms with Gasteiger partial charge in [0.15, 0.2) is 22.7 Å². The number of rotatable bonds is 7. The molecule has 1 aliphatic rings. The fraction of sp³-hybridized carbons (Fsp3) is 0.667. The molecule has 0 unspecified atom stereocenters. The van der Waals surface area contributed by atoms with E-state index in [1.165, 1.54) is 0 Å². The number of nitrogens with zero attached hydrogens (tertiary/aromatic N) is 1. The minimum absolute atomic E-state index is 0.0438. The molecule has 0 N–H and O–H groups in total. The number of aldehydes is 1. The molecule has 0 bridgehead atoms. The molecule has 31 heavy (non-hydrogen) atoms. The summed E-state index contributed by atoms with van der Waals surface area (Å²) >= 11 is 0. The Balaban J connectivity index is 2.46. The van der Waals surface area contributed by atoms with E-state index in [9.17, 15) is 9.59 Å². The standard InChI is InChI=1S/C24H41NO4Si2/c1-23(2,3)30(7,8)28-20-19(17-26)25(16-18-14-12-11-13-15-18)22(27)21(20)29-31(9,10)24(4,5)6/h11-15,17,19-21H,16H2,1-10H3/t19-,20+,21-/m1/s1. The number of hydrogen-bond donors (Lipinski definition) is 0. The van der Waals surface area contributed by atoms with Crippen LogP contribution in [-0.4, -0.2) is 52.0 Å². The molecule has 1 amide bonds. The van der Waals surface area contributed by atoms with Crippen LogP contribution in [0.25, 0.3) is 0 Å². The minimum Gasteiger partial charge on any atom is -0.408 e. The fourth-order valence-electron chi connectivity index (χ4n) is 3.18. The Hall–Kier alpha value is -1.29. The smallest absolute Gasteiger partial charge is 0.254 e. The number of carbonyl (C=O) groups is 2. The topological polar surface area (TPSA) is 55.8 Å². The third-order valence-electron chi connectivity index (χ3n) is 7.32. The Morgan fingerprint density at radius 2 is 1.39 bits per heavy atom. The molecule has 1 aromatic rings. The molecule has 3 atom stereocenters. The van der Waals surface area contributed by atoms with Gasteiger partial charge in [0.05, 0.1) is 0 Å². The van der Waals surface area contributed by atoms with Crippen molar-refractivity contribution < 1.29 is 18.4 Å². The summed E-state index contributed by atoms with van der Waals surface area (Å²) in [5, 5.41) is -0.101. The van der Waals surface area contributed by atoms with E-state index in [4.69, 9.17) is 8.85 Å². The highest BCUT2D eigenvalue weighted by molar-refractivity contribution is 6.74. The molecule has 2 rings (SSSR count). The Bertz CT molecular complexity index is 781. The summed E-state index contributed by atoms with van der Waals surface area (Å²) in [5.41, 5.74) is 0.988. The van der Waals surface area contributed by atoms with E-state index in [0.29, 0.717) is 6.54 Å². The summed E-state index contributed by atoms with van der Waals surface area (Å²) in [4.78, 5) is 27.6. The van der Waals surface area contributed by atoms with Crippen molar-refractivity contribution in [2.75, 3.05) is 0 Å². The molecule has 1 aromatic carbocycles. The van der Waals surface area contributed by atoms with E-state index in [0.717, 1.165) is 11.8 Å². The van der Waals surface area contributed by atoms with Crippen molar-refractivity contribution in [3.8, 4) is 0 Å². The molecule has 5 nitrogen and oxygen atoms in total. The molecule has 0 saturated carbocycles. The molecule has 0 aliphatic carbocycles. The van der Waals surface area contributed by atoms with Crippen LogP contribution in [0.2, 0.25) is 36.3 Å². The Morgan fingerprint density at radius 1 is 0.903 bits per heavy atom. The van der Waals surface area contributed by atoms with Crippen molar-refractivity contribution in [3.05, 3.63) is 35.9 Å². The summed E-state index contributed by atoms with van der Waals surface area (Å²) in [7, 11) is -4.51. The highest BCUT2D eigenvalue weighted by atomic mass is 28.4. The van der Waals surface area contributed by atoms with E-state index in [1.807, 2.05) is 30.3 Å². The highest BCUT2D eigenvalue weighted by Crippen LogP contribution is 2.43. The van der Waals surface area contributed by atoms with E-state index in [-0.39, 0.29) is 16.0 Å². The molecule has 1 fully saturated rings. The fourth-order valence-corrected chi connectivity index (χ4v) is 5.70.